The van der Waals surface area contributed by atoms with Crippen molar-refractivity contribution in [1.29, 1.82) is 5.26 Å². The van der Waals surface area contributed by atoms with Gasteiger partial charge in [-0.1, -0.05) is 41.2 Å². The molecule has 1 fully saturated rings. The van der Waals surface area contributed by atoms with E-state index in [0.717, 1.165) is 30.9 Å². The summed E-state index contributed by atoms with van der Waals surface area (Å²) in [6.07, 6.45) is 5.65. The highest BCUT2D eigenvalue weighted by Crippen LogP contribution is 2.36. The zero-order valence-corrected chi connectivity index (χ0v) is 16.1. The summed E-state index contributed by atoms with van der Waals surface area (Å²) in [5.41, 5.74) is 3.39. The van der Waals surface area contributed by atoms with Crippen molar-refractivity contribution in [3.05, 3.63) is 58.4 Å². The number of aryl methyl sites for hydroxylation is 2. The SMILES string of the molecule is Cc1ccc(C2CCCN2c2cnc(C)c(Nc3ncc(C#N)s3)n2)cc1. The number of anilines is 3. The van der Waals surface area contributed by atoms with E-state index in [1.54, 1.807) is 6.20 Å². The summed E-state index contributed by atoms with van der Waals surface area (Å²) in [6, 6.07) is 11.2. The number of aromatic nitrogens is 3. The second-order valence-corrected chi connectivity index (χ2v) is 7.72. The summed E-state index contributed by atoms with van der Waals surface area (Å²) in [7, 11) is 0. The molecule has 0 radical (unpaired) electrons. The third kappa shape index (κ3) is 3.62. The Morgan fingerprint density at radius 1 is 1.19 bits per heavy atom. The van der Waals surface area contributed by atoms with Crippen molar-refractivity contribution in [2.24, 2.45) is 0 Å². The van der Waals surface area contributed by atoms with Crippen LogP contribution in [-0.2, 0) is 0 Å². The monoisotopic (exact) mass is 376 g/mol. The predicted molar refractivity (Wildman–Crippen MR) is 107 cm³/mol. The Morgan fingerprint density at radius 3 is 2.74 bits per heavy atom. The molecule has 3 heterocycles. The lowest BCUT2D eigenvalue weighted by molar-refractivity contribution is 0.709. The third-order valence-corrected chi connectivity index (χ3v) is 5.61. The highest BCUT2D eigenvalue weighted by atomic mass is 32.1. The lowest BCUT2D eigenvalue weighted by Crippen LogP contribution is -2.24. The fourth-order valence-corrected chi connectivity index (χ4v) is 3.97. The van der Waals surface area contributed by atoms with Crippen LogP contribution < -0.4 is 10.2 Å². The first-order valence-corrected chi connectivity index (χ1v) is 9.75. The molecule has 0 amide bonds. The summed E-state index contributed by atoms with van der Waals surface area (Å²) in [4.78, 5) is 16.5. The molecule has 6 nitrogen and oxygen atoms in total. The van der Waals surface area contributed by atoms with Crippen LogP contribution >= 0.6 is 11.3 Å². The number of hydrogen-bond donors (Lipinski definition) is 1. The standard InChI is InChI=1S/C20H20N6S/c1-13-5-7-15(8-6-13)17-4-3-9-26(17)18-12-22-14(2)19(24-18)25-20-23-11-16(10-21)27-20/h5-8,11-12,17H,3-4,9H2,1-2H3,(H,23,24,25). The average molecular weight is 376 g/mol. The number of rotatable bonds is 4. The van der Waals surface area contributed by atoms with Crippen molar-refractivity contribution in [2.45, 2.75) is 32.7 Å². The molecule has 27 heavy (non-hydrogen) atoms. The van der Waals surface area contributed by atoms with E-state index in [4.69, 9.17) is 10.2 Å². The molecule has 0 saturated carbocycles. The molecule has 0 spiro atoms. The first kappa shape index (κ1) is 17.4. The quantitative estimate of drug-likeness (QED) is 0.722. The van der Waals surface area contributed by atoms with Crippen LogP contribution in [0.25, 0.3) is 0 Å². The molecule has 1 N–H and O–H groups in total. The number of hydrogen-bond acceptors (Lipinski definition) is 7. The van der Waals surface area contributed by atoms with Gasteiger partial charge in [0, 0.05) is 6.54 Å². The summed E-state index contributed by atoms with van der Waals surface area (Å²) in [5.74, 6) is 1.55. The zero-order valence-electron chi connectivity index (χ0n) is 15.3. The van der Waals surface area contributed by atoms with Crippen molar-refractivity contribution in [3.8, 4) is 6.07 Å². The largest absolute Gasteiger partial charge is 0.348 e. The van der Waals surface area contributed by atoms with Crippen LogP contribution in [0.2, 0.25) is 0 Å². The zero-order chi connectivity index (χ0) is 18.8. The maximum atomic E-state index is 8.97. The maximum Gasteiger partial charge on any atom is 0.189 e. The number of nitrogens with one attached hydrogen (secondary N) is 1. The molecule has 1 atom stereocenters. The van der Waals surface area contributed by atoms with Gasteiger partial charge in [-0.3, -0.25) is 4.98 Å². The van der Waals surface area contributed by atoms with Crippen molar-refractivity contribution >= 4 is 28.1 Å². The Hall–Kier alpha value is -2.98. The summed E-state index contributed by atoms with van der Waals surface area (Å²) in [5, 5.41) is 12.8. The Balaban J connectivity index is 1.61. The number of thiazole rings is 1. The van der Waals surface area contributed by atoms with Crippen molar-refractivity contribution in [1.82, 2.24) is 15.0 Å². The van der Waals surface area contributed by atoms with Gasteiger partial charge in [0.1, 0.15) is 16.8 Å². The minimum absolute atomic E-state index is 0.320. The molecule has 1 aliphatic rings. The van der Waals surface area contributed by atoms with Crippen LogP contribution in [0, 0.1) is 25.2 Å². The minimum atomic E-state index is 0.320. The van der Waals surface area contributed by atoms with E-state index >= 15 is 0 Å². The van der Waals surface area contributed by atoms with Crippen LogP contribution in [0.4, 0.5) is 16.8 Å². The fourth-order valence-electron chi connectivity index (χ4n) is 3.36. The molecular weight excluding hydrogens is 356 g/mol. The molecule has 1 unspecified atom stereocenters. The molecule has 1 saturated heterocycles. The second kappa shape index (κ2) is 7.33. The van der Waals surface area contributed by atoms with Crippen LogP contribution in [0.3, 0.4) is 0 Å². The van der Waals surface area contributed by atoms with Crippen molar-refractivity contribution < 1.29 is 0 Å². The normalized spacial score (nSPS) is 16.3. The maximum absolute atomic E-state index is 8.97. The van der Waals surface area contributed by atoms with Gasteiger partial charge in [-0.2, -0.15) is 5.26 Å². The van der Waals surface area contributed by atoms with E-state index in [2.05, 4.69) is 57.4 Å². The van der Waals surface area contributed by atoms with E-state index in [0.29, 0.717) is 21.9 Å². The van der Waals surface area contributed by atoms with Crippen molar-refractivity contribution in [3.63, 3.8) is 0 Å². The van der Waals surface area contributed by atoms with Gasteiger partial charge in [0.25, 0.3) is 0 Å². The fraction of sp³-hybridized carbons (Fsp3) is 0.300. The summed E-state index contributed by atoms with van der Waals surface area (Å²) < 4.78 is 0. The first-order valence-electron chi connectivity index (χ1n) is 8.94. The van der Waals surface area contributed by atoms with Gasteiger partial charge >= 0.3 is 0 Å². The van der Waals surface area contributed by atoms with E-state index in [1.807, 2.05) is 13.1 Å². The number of nitriles is 1. The molecule has 4 rings (SSSR count). The Kier molecular flexibility index (Phi) is 4.73. The van der Waals surface area contributed by atoms with Gasteiger partial charge in [0.2, 0.25) is 0 Å². The number of benzene rings is 1. The molecule has 136 valence electrons. The topological polar surface area (TPSA) is 77.7 Å². The molecular formula is C20H20N6S. The average Bonchev–Trinajstić information content (AvgIpc) is 3.33. The van der Waals surface area contributed by atoms with Crippen LogP contribution in [0.5, 0.6) is 0 Å². The lowest BCUT2D eigenvalue weighted by atomic mass is 10.0. The Labute approximate surface area is 162 Å². The molecule has 0 bridgehead atoms. The van der Waals surface area contributed by atoms with E-state index in [9.17, 15) is 0 Å². The molecule has 0 aliphatic carbocycles. The predicted octanol–water partition coefficient (Wildman–Crippen LogP) is 4.51. The van der Waals surface area contributed by atoms with Gasteiger partial charge in [0.05, 0.1) is 24.1 Å². The molecule has 1 aromatic carbocycles. The molecule has 1 aliphatic heterocycles. The van der Waals surface area contributed by atoms with E-state index in [1.165, 1.54) is 22.5 Å². The van der Waals surface area contributed by atoms with Gasteiger partial charge in [-0.05, 0) is 32.3 Å². The van der Waals surface area contributed by atoms with E-state index in [-0.39, 0.29) is 0 Å². The highest BCUT2D eigenvalue weighted by Gasteiger charge is 2.27. The third-order valence-electron chi connectivity index (χ3n) is 4.79. The smallest absolute Gasteiger partial charge is 0.189 e. The highest BCUT2D eigenvalue weighted by molar-refractivity contribution is 7.16. The van der Waals surface area contributed by atoms with Gasteiger partial charge in [-0.15, -0.1) is 0 Å². The summed E-state index contributed by atoms with van der Waals surface area (Å²) in [6.45, 7) is 4.99. The van der Waals surface area contributed by atoms with E-state index < -0.39 is 0 Å². The number of nitrogens with zero attached hydrogens (tertiary/aromatic N) is 5. The van der Waals surface area contributed by atoms with Gasteiger partial charge in [-0.25, -0.2) is 9.97 Å². The van der Waals surface area contributed by atoms with Crippen LogP contribution in [0.15, 0.2) is 36.7 Å². The summed E-state index contributed by atoms with van der Waals surface area (Å²) >= 11 is 1.31. The van der Waals surface area contributed by atoms with Crippen molar-refractivity contribution in [2.75, 3.05) is 16.8 Å². The lowest BCUT2D eigenvalue weighted by Gasteiger charge is -2.26. The second-order valence-electron chi connectivity index (χ2n) is 6.69. The van der Waals surface area contributed by atoms with Gasteiger partial charge < -0.3 is 10.2 Å². The Morgan fingerprint density at radius 2 is 2.00 bits per heavy atom. The van der Waals surface area contributed by atoms with Crippen LogP contribution in [-0.4, -0.2) is 21.5 Å². The minimum Gasteiger partial charge on any atom is -0.348 e. The molecule has 7 heteroatoms. The Bertz CT molecular complexity index is 988. The first-order chi connectivity index (χ1) is 13.1. The van der Waals surface area contributed by atoms with Gasteiger partial charge in [0.15, 0.2) is 10.9 Å². The molecule has 2 aromatic heterocycles. The molecule has 3 aromatic rings. The van der Waals surface area contributed by atoms with Crippen LogP contribution in [0.1, 0.15) is 40.6 Å².